The molecule has 15 heavy (non-hydrogen) atoms. The molecular formula is C11H13ClO3. The zero-order chi connectivity index (χ0) is 11.4. The third kappa shape index (κ3) is 3.13. The van der Waals surface area contributed by atoms with E-state index in [-0.39, 0.29) is 6.10 Å². The molecule has 0 aliphatic rings. The molecule has 4 heteroatoms. The minimum absolute atomic E-state index is 0.0214. The number of rotatable bonds is 4. The van der Waals surface area contributed by atoms with Crippen molar-refractivity contribution in [3.8, 4) is 11.5 Å². The lowest BCUT2D eigenvalue weighted by Crippen LogP contribution is -2.08. The largest absolute Gasteiger partial charge is 0.497 e. The summed E-state index contributed by atoms with van der Waals surface area (Å²) < 4.78 is 10.5. The van der Waals surface area contributed by atoms with Crippen LogP contribution in [0.25, 0.3) is 0 Å². The summed E-state index contributed by atoms with van der Waals surface area (Å²) in [6.07, 6.45) is -0.0214. The number of benzene rings is 1. The Kier molecular flexibility index (Phi) is 3.97. The van der Waals surface area contributed by atoms with Crippen molar-refractivity contribution in [3.05, 3.63) is 23.8 Å². The molecule has 1 aromatic rings. The first-order chi connectivity index (χ1) is 7.04. The standard InChI is InChI=1S/C11H13ClO3/c1-7(2)15-10-6-8(14-3)4-5-9(10)11(12)13/h4-7H,1-3H3. The molecule has 0 radical (unpaired) electrons. The van der Waals surface area contributed by atoms with Crippen molar-refractivity contribution < 1.29 is 14.3 Å². The highest BCUT2D eigenvalue weighted by Crippen LogP contribution is 2.26. The van der Waals surface area contributed by atoms with Crippen LogP contribution in [0.4, 0.5) is 0 Å². The van der Waals surface area contributed by atoms with Gasteiger partial charge in [0.1, 0.15) is 11.5 Å². The van der Waals surface area contributed by atoms with Crippen molar-refractivity contribution in [2.45, 2.75) is 20.0 Å². The van der Waals surface area contributed by atoms with Crippen LogP contribution < -0.4 is 9.47 Å². The van der Waals surface area contributed by atoms with E-state index >= 15 is 0 Å². The molecule has 0 unspecified atom stereocenters. The van der Waals surface area contributed by atoms with Gasteiger partial charge >= 0.3 is 0 Å². The Bertz CT molecular complexity index is 361. The lowest BCUT2D eigenvalue weighted by atomic mass is 10.2. The van der Waals surface area contributed by atoms with Gasteiger partial charge in [-0.2, -0.15) is 0 Å². The topological polar surface area (TPSA) is 35.5 Å². The second-order valence-corrected chi connectivity index (χ2v) is 3.65. The van der Waals surface area contributed by atoms with Crippen LogP contribution in [0, 0.1) is 0 Å². The van der Waals surface area contributed by atoms with Crippen LogP contribution in [0.3, 0.4) is 0 Å². The van der Waals surface area contributed by atoms with E-state index in [9.17, 15) is 4.79 Å². The van der Waals surface area contributed by atoms with E-state index in [0.29, 0.717) is 17.1 Å². The summed E-state index contributed by atoms with van der Waals surface area (Å²) in [6, 6.07) is 4.91. The molecule has 82 valence electrons. The van der Waals surface area contributed by atoms with Crippen LogP contribution in [0.1, 0.15) is 24.2 Å². The Morgan fingerprint density at radius 3 is 2.53 bits per heavy atom. The van der Waals surface area contributed by atoms with Crippen molar-refractivity contribution >= 4 is 16.8 Å². The number of methoxy groups -OCH3 is 1. The van der Waals surface area contributed by atoms with Crippen LogP contribution in [-0.2, 0) is 0 Å². The summed E-state index contributed by atoms with van der Waals surface area (Å²) in [4.78, 5) is 11.1. The second-order valence-electron chi connectivity index (χ2n) is 3.30. The molecular weight excluding hydrogens is 216 g/mol. The number of carbonyl (C=O) groups is 1. The van der Waals surface area contributed by atoms with Gasteiger partial charge in [0, 0.05) is 6.07 Å². The molecule has 3 nitrogen and oxygen atoms in total. The number of halogens is 1. The average Bonchev–Trinajstić information content (AvgIpc) is 2.16. The SMILES string of the molecule is COc1ccc(C(=O)Cl)c(OC(C)C)c1. The van der Waals surface area contributed by atoms with Crippen molar-refractivity contribution in [2.75, 3.05) is 7.11 Å². The van der Waals surface area contributed by atoms with Gasteiger partial charge in [-0.05, 0) is 37.6 Å². The maximum atomic E-state index is 11.1. The van der Waals surface area contributed by atoms with E-state index in [1.54, 1.807) is 25.3 Å². The van der Waals surface area contributed by atoms with Crippen molar-refractivity contribution in [3.63, 3.8) is 0 Å². The molecule has 0 aliphatic carbocycles. The quantitative estimate of drug-likeness (QED) is 0.744. The molecule has 0 N–H and O–H groups in total. The summed E-state index contributed by atoms with van der Waals surface area (Å²) in [5.41, 5.74) is 0.353. The Labute approximate surface area is 93.9 Å². The Morgan fingerprint density at radius 2 is 2.07 bits per heavy atom. The highest BCUT2D eigenvalue weighted by Gasteiger charge is 2.12. The molecule has 0 saturated heterocycles. The normalized spacial score (nSPS) is 10.2. The highest BCUT2D eigenvalue weighted by atomic mass is 35.5. The highest BCUT2D eigenvalue weighted by molar-refractivity contribution is 6.68. The van der Waals surface area contributed by atoms with Gasteiger partial charge in [0.2, 0.25) is 0 Å². The Hall–Kier alpha value is -1.22. The van der Waals surface area contributed by atoms with E-state index in [1.165, 1.54) is 0 Å². The average molecular weight is 229 g/mol. The number of hydrogen-bond acceptors (Lipinski definition) is 3. The summed E-state index contributed by atoms with van der Waals surface area (Å²) in [7, 11) is 1.55. The molecule has 0 fully saturated rings. The Balaban J connectivity index is 3.10. The number of carbonyl (C=O) groups excluding carboxylic acids is 1. The third-order valence-corrected chi connectivity index (χ3v) is 1.97. The molecule has 0 spiro atoms. The van der Waals surface area contributed by atoms with Crippen LogP contribution in [-0.4, -0.2) is 18.5 Å². The maximum absolute atomic E-state index is 11.1. The van der Waals surface area contributed by atoms with E-state index < -0.39 is 5.24 Å². The van der Waals surface area contributed by atoms with Crippen LogP contribution >= 0.6 is 11.6 Å². The lowest BCUT2D eigenvalue weighted by Gasteiger charge is -2.13. The molecule has 0 saturated carbocycles. The molecule has 0 atom stereocenters. The minimum atomic E-state index is -0.534. The van der Waals surface area contributed by atoms with Crippen LogP contribution in [0.2, 0.25) is 0 Å². The van der Waals surface area contributed by atoms with Crippen molar-refractivity contribution in [1.82, 2.24) is 0 Å². The van der Waals surface area contributed by atoms with Crippen LogP contribution in [0.5, 0.6) is 11.5 Å². The Morgan fingerprint density at radius 1 is 1.40 bits per heavy atom. The number of hydrogen-bond donors (Lipinski definition) is 0. The predicted molar refractivity (Wildman–Crippen MR) is 58.9 cm³/mol. The monoisotopic (exact) mass is 228 g/mol. The first kappa shape index (κ1) is 11.9. The smallest absolute Gasteiger partial charge is 0.256 e. The third-order valence-electron chi connectivity index (χ3n) is 1.76. The molecule has 1 aromatic carbocycles. The second kappa shape index (κ2) is 5.03. The van der Waals surface area contributed by atoms with Gasteiger partial charge in [0.05, 0.1) is 18.8 Å². The van der Waals surface area contributed by atoms with E-state index in [2.05, 4.69) is 0 Å². The fourth-order valence-corrected chi connectivity index (χ4v) is 1.30. The zero-order valence-electron chi connectivity index (χ0n) is 8.91. The van der Waals surface area contributed by atoms with Crippen LogP contribution in [0.15, 0.2) is 18.2 Å². The van der Waals surface area contributed by atoms with E-state index in [4.69, 9.17) is 21.1 Å². The summed E-state index contributed by atoms with van der Waals surface area (Å²) >= 11 is 5.43. The minimum Gasteiger partial charge on any atom is -0.497 e. The van der Waals surface area contributed by atoms with Gasteiger partial charge in [-0.1, -0.05) is 0 Å². The van der Waals surface area contributed by atoms with Crippen molar-refractivity contribution in [1.29, 1.82) is 0 Å². The molecule has 1 rings (SSSR count). The maximum Gasteiger partial charge on any atom is 0.256 e. The lowest BCUT2D eigenvalue weighted by molar-refractivity contribution is 0.107. The molecule has 0 aliphatic heterocycles. The predicted octanol–water partition coefficient (Wildman–Crippen LogP) is 2.86. The molecule has 0 heterocycles. The summed E-state index contributed by atoms with van der Waals surface area (Å²) in [5, 5.41) is -0.534. The molecule has 0 bridgehead atoms. The fourth-order valence-electron chi connectivity index (χ4n) is 1.14. The van der Waals surface area contributed by atoms with Gasteiger partial charge < -0.3 is 9.47 Å². The van der Waals surface area contributed by atoms with E-state index in [0.717, 1.165) is 0 Å². The van der Waals surface area contributed by atoms with Gasteiger partial charge in [0.25, 0.3) is 5.24 Å². The first-order valence-corrected chi connectivity index (χ1v) is 4.97. The number of ether oxygens (including phenoxy) is 2. The van der Waals surface area contributed by atoms with Gasteiger partial charge in [-0.25, -0.2) is 0 Å². The van der Waals surface area contributed by atoms with Crippen molar-refractivity contribution in [2.24, 2.45) is 0 Å². The van der Waals surface area contributed by atoms with E-state index in [1.807, 2.05) is 13.8 Å². The van der Waals surface area contributed by atoms with Gasteiger partial charge in [-0.3, -0.25) is 4.79 Å². The van der Waals surface area contributed by atoms with Gasteiger partial charge in [-0.15, -0.1) is 0 Å². The first-order valence-electron chi connectivity index (χ1n) is 4.59. The fraction of sp³-hybridized carbons (Fsp3) is 0.364. The summed E-state index contributed by atoms with van der Waals surface area (Å²) in [5.74, 6) is 1.08. The summed E-state index contributed by atoms with van der Waals surface area (Å²) in [6.45, 7) is 3.75. The molecule has 0 amide bonds. The van der Waals surface area contributed by atoms with Gasteiger partial charge in [0.15, 0.2) is 0 Å². The zero-order valence-corrected chi connectivity index (χ0v) is 9.67. The molecule has 0 aromatic heterocycles.